The van der Waals surface area contributed by atoms with E-state index in [4.69, 9.17) is 14.2 Å². The van der Waals surface area contributed by atoms with Crippen molar-refractivity contribution in [3.05, 3.63) is 65.7 Å². The fourth-order valence-electron chi connectivity index (χ4n) is 4.23. The van der Waals surface area contributed by atoms with Crippen molar-refractivity contribution in [3.8, 4) is 0 Å². The van der Waals surface area contributed by atoms with Crippen molar-refractivity contribution in [1.29, 1.82) is 0 Å². The SMILES string of the molecule is COCC(NS(=O)(=O)c1cccc(C(=O)OCc2ccccc2)c1)C1CCC(C(=O)OC)CC1. The summed E-state index contributed by atoms with van der Waals surface area (Å²) in [5.41, 5.74) is 0.992. The zero-order valence-corrected chi connectivity index (χ0v) is 20.3. The Morgan fingerprint density at radius 3 is 2.35 bits per heavy atom. The van der Waals surface area contributed by atoms with E-state index in [1.165, 1.54) is 38.5 Å². The molecule has 34 heavy (non-hydrogen) atoms. The van der Waals surface area contributed by atoms with Crippen LogP contribution < -0.4 is 4.72 Å². The van der Waals surface area contributed by atoms with Crippen LogP contribution in [0.2, 0.25) is 0 Å². The molecule has 1 unspecified atom stereocenters. The van der Waals surface area contributed by atoms with E-state index in [2.05, 4.69) is 4.72 Å². The standard InChI is InChI=1S/C25H31NO7S/c1-31-17-23(19-11-13-20(14-12-19)24(27)32-2)26-34(29,30)22-10-6-9-21(15-22)25(28)33-16-18-7-4-3-5-8-18/h3-10,15,19-20,23,26H,11-14,16-17H2,1-2H3. The van der Waals surface area contributed by atoms with Gasteiger partial charge in [-0.25, -0.2) is 17.9 Å². The second-order valence-electron chi connectivity index (χ2n) is 8.41. The molecule has 0 spiro atoms. The Morgan fingerprint density at radius 1 is 1.00 bits per heavy atom. The van der Waals surface area contributed by atoms with E-state index >= 15 is 0 Å². The summed E-state index contributed by atoms with van der Waals surface area (Å²) in [5, 5.41) is 0. The number of carbonyl (C=O) groups is 2. The molecule has 0 heterocycles. The normalized spacial score (nSPS) is 19.2. The number of carbonyl (C=O) groups excluding carboxylic acids is 2. The van der Waals surface area contributed by atoms with Gasteiger partial charge in [0, 0.05) is 13.2 Å². The molecule has 8 nitrogen and oxygen atoms in total. The Morgan fingerprint density at radius 2 is 1.71 bits per heavy atom. The van der Waals surface area contributed by atoms with Crippen molar-refractivity contribution in [3.63, 3.8) is 0 Å². The Balaban J connectivity index is 1.67. The lowest BCUT2D eigenvalue weighted by molar-refractivity contribution is -0.146. The molecule has 1 aliphatic rings. The van der Waals surface area contributed by atoms with Crippen molar-refractivity contribution in [2.24, 2.45) is 11.8 Å². The number of hydrogen-bond acceptors (Lipinski definition) is 7. The highest BCUT2D eigenvalue weighted by Gasteiger charge is 2.33. The molecule has 0 bridgehead atoms. The Bertz CT molecular complexity index is 1060. The monoisotopic (exact) mass is 489 g/mol. The number of esters is 2. The summed E-state index contributed by atoms with van der Waals surface area (Å²) in [6.45, 7) is 0.296. The van der Waals surface area contributed by atoms with Gasteiger partial charge in [0.15, 0.2) is 0 Å². The number of ether oxygens (including phenoxy) is 3. The molecule has 3 rings (SSSR count). The summed E-state index contributed by atoms with van der Waals surface area (Å²) in [6, 6.07) is 14.6. The van der Waals surface area contributed by atoms with Crippen LogP contribution in [0.1, 0.15) is 41.6 Å². The van der Waals surface area contributed by atoms with E-state index in [1.54, 1.807) is 0 Å². The molecule has 1 atom stereocenters. The lowest BCUT2D eigenvalue weighted by Crippen LogP contribution is -2.44. The zero-order valence-electron chi connectivity index (χ0n) is 19.4. The van der Waals surface area contributed by atoms with E-state index < -0.39 is 22.0 Å². The minimum absolute atomic E-state index is 0.0222. The summed E-state index contributed by atoms with van der Waals surface area (Å²) in [5.74, 6) is -0.956. The second-order valence-corrected chi connectivity index (χ2v) is 10.1. The predicted octanol–water partition coefficient (Wildman–Crippen LogP) is 3.32. The molecule has 1 N–H and O–H groups in total. The third-order valence-electron chi connectivity index (χ3n) is 6.12. The average molecular weight is 490 g/mol. The van der Waals surface area contributed by atoms with E-state index in [1.807, 2.05) is 30.3 Å². The topological polar surface area (TPSA) is 108 Å². The van der Waals surface area contributed by atoms with Crippen LogP contribution in [0.25, 0.3) is 0 Å². The first-order valence-corrected chi connectivity index (χ1v) is 12.7. The Labute approximate surface area is 200 Å². The van der Waals surface area contributed by atoms with Gasteiger partial charge in [0.25, 0.3) is 0 Å². The number of sulfonamides is 1. The van der Waals surface area contributed by atoms with Crippen LogP contribution in [-0.4, -0.2) is 47.2 Å². The summed E-state index contributed by atoms with van der Waals surface area (Å²) < 4.78 is 44.5. The van der Waals surface area contributed by atoms with Crippen molar-refractivity contribution in [2.45, 2.75) is 43.2 Å². The smallest absolute Gasteiger partial charge is 0.338 e. The van der Waals surface area contributed by atoms with E-state index in [0.29, 0.717) is 25.7 Å². The van der Waals surface area contributed by atoms with Crippen molar-refractivity contribution < 1.29 is 32.2 Å². The number of hydrogen-bond donors (Lipinski definition) is 1. The first-order chi connectivity index (χ1) is 16.3. The minimum Gasteiger partial charge on any atom is -0.469 e. The van der Waals surface area contributed by atoms with Crippen molar-refractivity contribution >= 4 is 22.0 Å². The van der Waals surface area contributed by atoms with E-state index in [9.17, 15) is 18.0 Å². The van der Waals surface area contributed by atoms with E-state index in [-0.39, 0.29) is 41.5 Å². The van der Waals surface area contributed by atoms with Gasteiger partial charge in [-0.15, -0.1) is 0 Å². The summed E-state index contributed by atoms with van der Waals surface area (Å²) in [4.78, 5) is 24.3. The Kier molecular flexibility index (Phi) is 9.20. The zero-order chi connectivity index (χ0) is 24.6. The first kappa shape index (κ1) is 25.9. The molecule has 0 saturated heterocycles. The number of benzene rings is 2. The fraction of sp³-hybridized carbons (Fsp3) is 0.440. The summed E-state index contributed by atoms with van der Waals surface area (Å²) in [7, 11) is -1.02. The average Bonchev–Trinajstić information content (AvgIpc) is 2.87. The maximum Gasteiger partial charge on any atom is 0.338 e. The molecule has 2 aromatic carbocycles. The minimum atomic E-state index is -3.92. The van der Waals surface area contributed by atoms with Crippen LogP contribution in [0.3, 0.4) is 0 Å². The maximum atomic E-state index is 13.1. The molecule has 0 aliphatic heterocycles. The molecule has 1 saturated carbocycles. The van der Waals surface area contributed by atoms with Gasteiger partial charge in [0.1, 0.15) is 6.61 Å². The van der Waals surface area contributed by atoms with Gasteiger partial charge in [0.05, 0.1) is 30.1 Å². The molecule has 2 aromatic rings. The van der Waals surface area contributed by atoms with Gasteiger partial charge in [0.2, 0.25) is 10.0 Å². The number of rotatable bonds is 10. The van der Waals surface area contributed by atoms with Crippen molar-refractivity contribution in [1.82, 2.24) is 4.72 Å². The van der Waals surface area contributed by atoms with Crippen molar-refractivity contribution in [2.75, 3.05) is 20.8 Å². The summed E-state index contributed by atoms with van der Waals surface area (Å²) >= 11 is 0. The largest absolute Gasteiger partial charge is 0.469 e. The molecule has 9 heteroatoms. The molecular formula is C25H31NO7S. The van der Waals surface area contributed by atoms with Crippen LogP contribution in [0.5, 0.6) is 0 Å². The molecule has 1 fully saturated rings. The van der Waals surface area contributed by atoms with E-state index in [0.717, 1.165) is 5.56 Å². The van der Waals surface area contributed by atoms with Gasteiger partial charge >= 0.3 is 11.9 Å². The van der Waals surface area contributed by atoms with Gasteiger partial charge in [-0.3, -0.25) is 4.79 Å². The van der Waals surface area contributed by atoms with Gasteiger partial charge in [-0.1, -0.05) is 36.4 Å². The van der Waals surface area contributed by atoms with Crippen LogP contribution >= 0.6 is 0 Å². The summed E-state index contributed by atoms with van der Waals surface area (Å²) in [6.07, 6.45) is 2.65. The Hall–Kier alpha value is -2.75. The maximum absolute atomic E-state index is 13.1. The fourth-order valence-corrected chi connectivity index (χ4v) is 5.57. The molecule has 0 radical (unpaired) electrons. The van der Waals surface area contributed by atoms with Gasteiger partial charge < -0.3 is 14.2 Å². The first-order valence-electron chi connectivity index (χ1n) is 11.2. The lowest BCUT2D eigenvalue weighted by Gasteiger charge is -2.33. The lowest BCUT2D eigenvalue weighted by atomic mass is 9.79. The number of methoxy groups -OCH3 is 2. The highest BCUT2D eigenvalue weighted by molar-refractivity contribution is 7.89. The second kappa shape index (κ2) is 12.1. The van der Waals surface area contributed by atoms with Crippen LogP contribution in [-0.2, 0) is 35.6 Å². The quantitative estimate of drug-likeness (QED) is 0.510. The highest BCUT2D eigenvalue weighted by atomic mass is 32.2. The third-order valence-corrected chi connectivity index (χ3v) is 7.61. The molecule has 0 amide bonds. The predicted molar refractivity (Wildman–Crippen MR) is 125 cm³/mol. The third kappa shape index (κ3) is 6.88. The van der Waals surface area contributed by atoms with Crippen LogP contribution in [0.4, 0.5) is 0 Å². The molecular weight excluding hydrogens is 458 g/mol. The van der Waals surface area contributed by atoms with Gasteiger partial charge in [-0.2, -0.15) is 0 Å². The molecule has 184 valence electrons. The highest BCUT2D eigenvalue weighted by Crippen LogP contribution is 2.32. The number of nitrogens with one attached hydrogen (secondary N) is 1. The van der Waals surface area contributed by atoms with Crippen LogP contribution in [0, 0.1) is 11.8 Å². The van der Waals surface area contributed by atoms with Crippen LogP contribution in [0.15, 0.2) is 59.5 Å². The molecule has 1 aliphatic carbocycles. The molecule has 0 aromatic heterocycles. The van der Waals surface area contributed by atoms with Gasteiger partial charge in [-0.05, 0) is 55.4 Å².